The van der Waals surface area contributed by atoms with Gasteiger partial charge in [-0.05, 0) is 22.3 Å². The van der Waals surface area contributed by atoms with E-state index in [2.05, 4.69) is 30.7 Å². The summed E-state index contributed by atoms with van der Waals surface area (Å²) in [6.45, 7) is 7.93. The number of H-pyrrole nitrogens is 3. The summed E-state index contributed by atoms with van der Waals surface area (Å²) in [7, 11) is -3.08. The fourth-order valence-electron chi connectivity index (χ4n) is 4.53. The first-order chi connectivity index (χ1) is 16.1. The summed E-state index contributed by atoms with van der Waals surface area (Å²) >= 11 is 0. The maximum Gasteiger partial charge on any atom is 0.332 e. The molecular formula is C24H26N4O5Si. The van der Waals surface area contributed by atoms with E-state index in [4.69, 9.17) is 4.43 Å². The predicted octanol–water partition coefficient (Wildman–Crippen LogP) is 1.16. The van der Waals surface area contributed by atoms with Crippen molar-refractivity contribution >= 4 is 29.7 Å². The quantitative estimate of drug-likeness (QED) is 0.371. The van der Waals surface area contributed by atoms with Crippen molar-refractivity contribution in [2.75, 3.05) is 0 Å². The molecule has 0 aliphatic rings. The van der Waals surface area contributed by atoms with Crippen LogP contribution in [-0.2, 0) is 4.43 Å². The molecule has 0 fully saturated rings. The topological polar surface area (TPSA) is 130 Å². The van der Waals surface area contributed by atoms with Crippen LogP contribution in [0.4, 0.5) is 0 Å². The Kier molecular flexibility index (Phi) is 5.88. The predicted molar refractivity (Wildman–Crippen MR) is 133 cm³/mol. The van der Waals surface area contributed by atoms with E-state index in [1.54, 1.807) is 6.92 Å². The third-order valence-corrected chi connectivity index (χ3v) is 11.1. The number of aromatic amines is 3. The van der Waals surface area contributed by atoms with Crippen LogP contribution in [0.2, 0.25) is 5.04 Å². The van der Waals surface area contributed by atoms with Gasteiger partial charge in [-0.1, -0.05) is 81.4 Å². The molecule has 4 aromatic rings. The Morgan fingerprint density at radius 3 is 1.79 bits per heavy atom. The van der Waals surface area contributed by atoms with Crippen molar-refractivity contribution in [3.63, 3.8) is 0 Å². The molecule has 0 spiro atoms. The van der Waals surface area contributed by atoms with E-state index in [0.717, 1.165) is 14.9 Å². The van der Waals surface area contributed by atoms with Gasteiger partial charge in [0.2, 0.25) is 0 Å². The molecule has 34 heavy (non-hydrogen) atoms. The number of rotatable bonds is 5. The molecule has 0 aliphatic heterocycles. The number of nitrogens with one attached hydrogen (secondary N) is 3. The molecule has 9 nitrogen and oxygen atoms in total. The molecule has 1 unspecified atom stereocenters. The van der Waals surface area contributed by atoms with Crippen LogP contribution in [0.1, 0.15) is 33.9 Å². The molecule has 10 heteroatoms. The van der Waals surface area contributed by atoms with Crippen LogP contribution in [0.5, 0.6) is 0 Å². The third kappa shape index (κ3) is 3.80. The van der Waals surface area contributed by atoms with Gasteiger partial charge in [-0.2, -0.15) is 0 Å². The lowest BCUT2D eigenvalue weighted by Crippen LogP contribution is -2.67. The van der Waals surface area contributed by atoms with Crippen LogP contribution in [0, 0.1) is 0 Å². The fraction of sp³-hybridized carbons (Fsp3) is 0.250. The van der Waals surface area contributed by atoms with E-state index in [0.29, 0.717) is 0 Å². The van der Waals surface area contributed by atoms with Gasteiger partial charge in [0.15, 0.2) is 0 Å². The normalized spacial score (nSPS) is 13.2. The van der Waals surface area contributed by atoms with Crippen LogP contribution in [-0.4, -0.2) is 27.8 Å². The van der Waals surface area contributed by atoms with Gasteiger partial charge in [-0.3, -0.25) is 29.1 Å². The molecule has 0 saturated carbocycles. The van der Waals surface area contributed by atoms with Crippen molar-refractivity contribution in [3.05, 3.63) is 102 Å². The highest BCUT2D eigenvalue weighted by molar-refractivity contribution is 6.99. The Bertz CT molecular complexity index is 1510. The second-order valence-electron chi connectivity index (χ2n) is 9.14. The molecule has 2 aromatic heterocycles. The van der Waals surface area contributed by atoms with Crippen LogP contribution >= 0.6 is 0 Å². The Balaban J connectivity index is 2.02. The van der Waals surface area contributed by atoms with Crippen molar-refractivity contribution < 1.29 is 4.43 Å². The van der Waals surface area contributed by atoms with Gasteiger partial charge in [0.1, 0.15) is 17.3 Å². The summed E-state index contributed by atoms with van der Waals surface area (Å²) in [5.41, 5.74) is -3.57. The zero-order valence-electron chi connectivity index (χ0n) is 19.3. The molecule has 3 N–H and O–H groups in total. The maximum absolute atomic E-state index is 12.9. The molecule has 0 amide bonds. The number of hydrogen-bond donors (Lipinski definition) is 3. The molecule has 0 saturated heterocycles. The minimum absolute atomic E-state index is 0.187. The molecule has 4 rings (SSSR count). The van der Waals surface area contributed by atoms with E-state index in [1.165, 1.54) is 0 Å². The summed E-state index contributed by atoms with van der Waals surface area (Å²) in [4.78, 5) is 56.3. The lowest BCUT2D eigenvalue weighted by Gasteiger charge is -2.44. The number of benzene rings is 2. The molecule has 2 heterocycles. The van der Waals surface area contributed by atoms with Crippen molar-refractivity contribution in [2.45, 2.75) is 39.0 Å². The Labute approximate surface area is 195 Å². The first-order valence-electron chi connectivity index (χ1n) is 10.9. The van der Waals surface area contributed by atoms with Gasteiger partial charge in [-0.15, -0.1) is 0 Å². The van der Waals surface area contributed by atoms with Crippen LogP contribution in [0.25, 0.3) is 11.0 Å². The van der Waals surface area contributed by atoms with E-state index >= 15 is 0 Å². The van der Waals surface area contributed by atoms with Gasteiger partial charge in [-0.25, -0.2) is 9.59 Å². The largest absolute Gasteiger partial charge is 0.387 e. The zero-order chi connectivity index (χ0) is 24.7. The average Bonchev–Trinajstić information content (AvgIpc) is 2.77. The average molecular weight is 479 g/mol. The Hall–Kier alpha value is -3.76. The summed E-state index contributed by atoms with van der Waals surface area (Å²) in [6.07, 6.45) is -0.935. The summed E-state index contributed by atoms with van der Waals surface area (Å²) in [5.74, 6) is 0. The van der Waals surface area contributed by atoms with Crippen molar-refractivity contribution in [2.24, 2.45) is 0 Å². The van der Waals surface area contributed by atoms with Crippen molar-refractivity contribution in [1.29, 1.82) is 0 Å². The molecular weight excluding hydrogens is 452 g/mol. The van der Waals surface area contributed by atoms with Gasteiger partial charge in [0.05, 0.1) is 0 Å². The lowest BCUT2D eigenvalue weighted by atomic mass is 10.2. The van der Waals surface area contributed by atoms with Crippen LogP contribution < -0.4 is 32.9 Å². The van der Waals surface area contributed by atoms with Gasteiger partial charge < -0.3 is 4.43 Å². The van der Waals surface area contributed by atoms with Crippen LogP contribution in [0.15, 0.2) is 79.8 Å². The molecule has 176 valence electrons. The summed E-state index contributed by atoms with van der Waals surface area (Å²) < 4.78 is 8.03. The van der Waals surface area contributed by atoms with Gasteiger partial charge in [0.25, 0.3) is 19.4 Å². The third-order valence-electron chi connectivity index (χ3n) is 5.96. The molecule has 0 bridgehead atoms. The minimum Gasteiger partial charge on any atom is -0.387 e. The minimum atomic E-state index is -3.08. The van der Waals surface area contributed by atoms with E-state index in [9.17, 15) is 19.2 Å². The van der Waals surface area contributed by atoms with E-state index < -0.39 is 37.0 Å². The van der Waals surface area contributed by atoms with E-state index in [-0.39, 0.29) is 16.1 Å². The summed E-state index contributed by atoms with van der Waals surface area (Å²) in [5, 5.41) is 1.26. The standard InChI is InChI=1S/C24H26N4O5Si/c1-15(28-19-18(21(30)27-23(28)32)20(29)26-22(31)25-19)33-34(24(2,3)4,16-11-7-5-8-12-16)17-13-9-6-10-14-17/h5-15H,1-4H3,(H,27,30,32)(H2,25,26,29,31). The molecule has 2 aromatic carbocycles. The van der Waals surface area contributed by atoms with Gasteiger partial charge in [0, 0.05) is 0 Å². The Morgan fingerprint density at radius 2 is 1.29 bits per heavy atom. The lowest BCUT2D eigenvalue weighted by molar-refractivity contribution is 0.138. The van der Waals surface area contributed by atoms with Gasteiger partial charge >= 0.3 is 11.4 Å². The highest BCUT2D eigenvalue weighted by Crippen LogP contribution is 2.38. The summed E-state index contributed by atoms with van der Waals surface area (Å²) in [6, 6.07) is 19.7. The SMILES string of the molecule is CC(O[Si](c1ccccc1)(c1ccccc1)C(C)(C)C)n1c(=O)[nH]c(=O)c2c(=O)[nH]c(=O)[nH]c21. The second kappa shape index (κ2) is 8.54. The highest BCUT2D eigenvalue weighted by atomic mass is 28.4. The smallest absolute Gasteiger partial charge is 0.332 e. The Morgan fingerprint density at radius 1 is 0.794 bits per heavy atom. The fourth-order valence-corrected chi connectivity index (χ4v) is 9.17. The highest BCUT2D eigenvalue weighted by Gasteiger charge is 2.51. The van der Waals surface area contributed by atoms with E-state index in [1.807, 2.05) is 65.6 Å². The van der Waals surface area contributed by atoms with Crippen molar-refractivity contribution in [1.82, 2.24) is 19.5 Å². The first kappa shape index (κ1) is 23.4. The first-order valence-corrected chi connectivity index (χ1v) is 12.8. The number of nitrogens with zero attached hydrogens (tertiary/aromatic N) is 1. The zero-order valence-corrected chi connectivity index (χ0v) is 20.3. The molecule has 0 radical (unpaired) electrons. The van der Waals surface area contributed by atoms with Crippen LogP contribution in [0.3, 0.4) is 0 Å². The second-order valence-corrected chi connectivity index (χ2v) is 13.4. The number of aromatic nitrogens is 4. The van der Waals surface area contributed by atoms with Crippen molar-refractivity contribution in [3.8, 4) is 0 Å². The monoisotopic (exact) mass is 478 g/mol. The number of fused-ring (bicyclic) bond motifs is 1. The molecule has 1 atom stereocenters. The maximum atomic E-state index is 12.9. The number of hydrogen-bond acceptors (Lipinski definition) is 5. The molecule has 0 aliphatic carbocycles.